The van der Waals surface area contributed by atoms with Gasteiger partial charge in [-0.15, -0.1) is 0 Å². The Morgan fingerprint density at radius 1 is 1.14 bits per heavy atom. The number of rotatable bonds is 4. The van der Waals surface area contributed by atoms with Gasteiger partial charge in [0, 0.05) is 11.1 Å². The van der Waals surface area contributed by atoms with Crippen molar-refractivity contribution in [1.82, 2.24) is 5.32 Å². The van der Waals surface area contributed by atoms with Gasteiger partial charge in [0.15, 0.2) is 0 Å². The molecule has 1 N–H and O–H groups in total. The summed E-state index contributed by atoms with van der Waals surface area (Å²) >= 11 is 0. The fourth-order valence-electron chi connectivity index (χ4n) is 2.70. The maximum atomic E-state index is 12.5. The van der Waals surface area contributed by atoms with E-state index in [1.807, 2.05) is 55.5 Å². The fourth-order valence-corrected chi connectivity index (χ4v) is 2.70. The lowest BCUT2D eigenvalue weighted by Gasteiger charge is -2.20. The van der Waals surface area contributed by atoms with Gasteiger partial charge in [-0.2, -0.15) is 0 Å². The van der Waals surface area contributed by atoms with Crippen LogP contribution in [0.25, 0.3) is 0 Å². The van der Waals surface area contributed by atoms with Crippen LogP contribution in [0.2, 0.25) is 0 Å². The molecule has 1 aliphatic rings. The van der Waals surface area contributed by atoms with E-state index in [1.54, 1.807) is 7.11 Å². The molecule has 0 unspecified atom stereocenters. The van der Waals surface area contributed by atoms with Crippen molar-refractivity contribution in [1.29, 1.82) is 0 Å². The Bertz CT molecular complexity index is 674. The Labute approximate surface area is 124 Å². The smallest absolute Gasteiger partial charge is 0.251 e. The molecule has 1 fully saturated rings. The molecule has 3 nitrogen and oxygen atoms in total. The van der Waals surface area contributed by atoms with E-state index in [9.17, 15) is 4.79 Å². The predicted molar refractivity (Wildman–Crippen MR) is 82.6 cm³/mol. The molecule has 0 aromatic heterocycles. The first-order valence-electron chi connectivity index (χ1n) is 7.17. The van der Waals surface area contributed by atoms with Gasteiger partial charge < -0.3 is 10.1 Å². The molecule has 1 aliphatic carbocycles. The number of amides is 1. The molecule has 2 aromatic carbocycles. The number of methoxy groups -OCH3 is 1. The van der Waals surface area contributed by atoms with E-state index in [2.05, 4.69) is 5.32 Å². The Morgan fingerprint density at radius 2 is 1.90 bits per heavy atom. The number of hydrogen-bond acceptors (Lipinski definition) is 2. The topological polar surface area (TPSA) is 38.3 Å². The molecule has 3 rings (SSSR count). The largest absolute Gasteiger partial charge is 0.496 e. The van der Waals surface area contributed by atoms with Gasteiger partial charge in [-0.1, -0.05) is 35.9 Å². The van der Waals surface area contributed by atoms with Crippen LogP contribution in [-0.2, 0) is 5.54 Å². The number of carbonyl (C=O) groups excluding carboxylic acids is 1. The summed E-state index contributed by atoms with van der Waals surface area (Å²) in [4.78, 5) is 12.5. The molecule has 0 bridgehead atoms. The summed E-state index contributed by atoms with van der Waals surface area (Å²) in [7, 11) is 1.66. The Kier molecular flexibility index (Phi) is 3.42. The maximum absolute atomic E-state index is 12.5. The zero-order valence-electron chi connectivity index (χ0n) is 12.3. The van der Waals surface area contributed by atoms with E-state index in [0.717, 1.165) is 29.7 Å². The molecular formula is C18H19NO2. The van der Waals surface area contributed by atoms with Crippen LogP contribution in [0.5, 0.6) is 5.75 Å². The quantitative estimate of drug-likeness (QED) is 0.932. The molecule has 2 aromatic rings. The Hall–Kier alpha value is -2.29. The van der Waals surface area contributed by atoms with Crippen LogP contribution in [-0.4, -0.2) is 13.0 Å². The van der Waals surface area contributed by atoms with Crippen LogP contribution in [0.4, 0.5) is 0 Å². The lowest BCUT2D eigenvalue weighted by atomic mass is 10.0. The molecule has 1 saturated carbocycles. The van der Waals surface area contributed by atoms with Crippen LogP contribution in [0, 0.1) is 6.92 Å². The van der Waals surface area contributed by atoms with Crippen LogP contribution in [0.15, 0.2) is 48.5 Å². The number of aryl methyl sites for hydroxylation is 1. The molecule has 3 heteroatoms. The SMILES string of the molecule is COc1ccccc1C1(NC(=O)c2cccc(C)c2)CC1. The van der Waals surface area contributed by atoms with Crippen molar-refractivity contribution in [2.45, 2.75) is 25.3 Å². The molecule has 0 radical (unpaired) electrons. The third-order valence-corrected chi connectivity index (χ3v) is 4.01. The van der Waals surface area contributed by atoms with Crippen molar-refractivity contribution in [3.63, 3.8) is 0 Å². The summed E-state index contributed by atoms with van der Waals surface area (Å²) in [5.74, 6) is 0.807. The van der Waals surface area contributed by atoms with Gasteiger partial charge in [0.2, 0.25) is 0 Å². The third kappa shape index (κ3) is 2.64. The molecule has 0 spiro atoms. The molecule has 0 atom stereocenters. The third-order valence-electron chi connectivity index (χ3n) is 4.01. The van der Waals surface area contributed by atoms with E-state index in [4.69, 9.17) is 4.74 Å². The number of carbonyl (C=O) groups is 1. The van der Waals surface area contributed by atoms with Gasteiger partial charge >= 0.3 is 0 Å². The van der Waals surface area contributed by atoms with Crippen molar-refractivity contribution >= 4 is 5.91 Å². The van der Waals surface area contributed by atoms with E-state index < -0.39 is 0 Å². The summed E-state index contributed by atoms with van der Waals surface area (Å²) < 4.78 is 5.43. The second-order valence-electron chi connectivity index (χ2n) is 5.61. The Morgan fingerprint density at radius 3 is 2.57 bits per heavy atom. The summed E-state index contributed by atoms with van der Waals surface area (Å²) in [5.41, 5.74) is 2.59. The highest BCUT2D eigenvalue weighted by atomic mass is 16.5. The van der Waals surface area contributed by atoms with Gasteiger partial charge in [-0.3, -0.25) is 4.79 Å². The Balaban J connectivity index is 1.85. The lowest BCUT2D eigenvalue weighted by molar-refractivity contribution is 0.0930. The fraction of sp³-hybridized carbons (Fsp3) is 0.278. The number of para-hydroxylation sites is 1. The van der Waals surface area contributed by atoms with E-state index >= 15 is 0 Å². The first-order valence-corrected chi connectivity index (χ1v) is 7.17. The van der Waals surface area contributed by atoms with Gasteiger partial charge in [0.05, 0.1) is 12.6 Å². The van der Waals surface area contributed by atoms with Crippen LogP contribution in [0.1, 0.15) is 34.3 Å². The summed E-state index contributed by atoms with van der Waals surface area (Å²) in [6.07, 6.45) is 1.90. The molecule has 21 heavy (non-hydrogen) atoms. The minimum absolute atomic E-state index is 0.0258. The monoisotopic (exact) mass is 281 g/mol. The van der Waals surface area contributed by atoms with E-state index in [1.165, 1.54) is 0 Å². The average molecular weight is 281 g/mol. The highest BCUT2D eigenvalue weighted by Gasteiger charge is 2.47. The van der Waals surface area contributed by atoms with Crippen LogP contribution >= 0.6 is 0 Å². The van der Waals surface area contributed by atoms with Crippen LogP contribution < -0.4 is 10.1 Å². The summed E-state index contributed by atoms with van der Waals surface area (Å²) in [6.45, 7) is 1.99. The summed E-state index contributed by atoms with van der Waals surface area (Å²) in [5, 5.41) is 3.18. The van der Waals surface area contributed by atoms with E-state index in [0.29, 0.717) is 5.56 Å². The number of benzene rings is 2. The first-order chi connectivity index (χ1) is 10.1. The molecule has 0 aliphatic heterocycles. The molecular weight excluding hydrogens is 262 g/mol. The highest BCUT2D eigenvalue weighted by molar-refractivity contribution is 5.95. The molecule has 108 valence electrons. The average Bonchev–Trinajstić information content (AvgIpc) is 3.28. The molecule has 0 saturated heterocycles. The van der Waals surface area contributed by atoms with Gasteiger partial charge in [0.1, 0.15) is 5.75 Å². The second-order valence-corrected chi connectivity index (χ2v) is 5.61. The van der Waals surface area contributed by atoms with Gasteiger partial charge in [-0.05, 0) is 38.0 Å². The van der Waals surface area contributed by atoms with Crippen molar-refractivity contribution in [2.24, 2.45) is 0 Å². The lowest BCUT2D eigenvalue weighted by Crippen LogP contribution is -2.35. The zero-order valence-corrected chi connectivity index (χ0v) is 12.3. The molecule has 0 heterocycles. The predicted octanol–water partition coefficient (Wildman–Crippen LogP) is 3.42. The van der Waals surface area contributed by atoms with Crippen LogP contribution in [0.3, 0.4) is 0 Å². The van der Waals surface area contributed by atoms with Crippen molar-refractivity contribution in [3.8, 4) is 5.75 Å². The van der Waals surface area contributed by atoms with Crippen molar-refractivity contribution in [2.75, 3.05) is 7.11 Å². The van der Waals surface area contributed by atoms with E-state index in [-0.39, 0.29) is 11.4 Å². The van der Waals surface area contributed by atoms with Crippen molar-refractivity contribution < 1.29 is 9.53 Å². The number of hydrogen-bond donors (Lipinski definition) is 1. The van der Waals surface area contributed by atoms with Gasteiger partial charge in [-0.25, -0.2) is 0 Å². The molecule has 1 amide bonds. The minimum atomic E-state index is -0.270. The number of ether oxygens (including phenoxy) is 1. The first kappa shape index (κ1) is 13.7. The standard InChI is InChI=1S/C18H19NO2/c1-13-6-5-7-14(12-13)17(20)19-18(10-11-18)15-8-3-4-9-16(15)21-2/h3-9,12H,10-11H2,1-2H3,(H,19,20). The second kappa shape index (κ2) is 5.24. The number of nitrogens with one attached hydrogen (secondary N) is 1. The summed E-state index contributed by atoms with van der Waals surface area (Å²) in [6, 6.07) is 15.6. The highest BCUT2D eigenvalue weighted by Crippen LogP contribution is 2.48. The minimum Gasteiger partial charge on any atom is -0.496 e. The van der Waals surface area contributed by atoms with Crippen molar-refractivity contribution in [3.05, 3.63) is 65.2 Å². The zero-order chi connectivity index (χ0) is 14.9. The maximum Gasteiger partial charge on any atom is 0.251 e. The van der Waals surface area contributed by atoms with Gasteiger partial charge in [0.25, 0.3) is 5.91 Å². The normalized spacial score (nSPS) is 15.3.